The SMILES string of the molecule is CCN=C/C([S-])=N/N=C(C)/C(=N/NC([S-])=NC)c1ccc(CN(C(C)C)C(C)C)o1.[Cu+2]. The van der Waals surface area contributed by atoms with Crippen molar-refractivity contribution in [2.75, 3.05) is 13.6 Å². The van der Waals surface area contributed by atoms with Crippen LogP contribution >= 0.6 is 0 Å². The Labute approximate surface area is 207 Å². The predicted octanol–water partition coefficient (Wildman–Crippen LogP) is 3.13. The molecule has 0 aliphatic rings. The van der Waals surface area contributed by atoms with E-state index in [1.165, 1.54) is 6.21 Å². The van der Waals surface area contributed by atoms with Crippen LogP contribution in [-0.4, -0.2) is 58.4 Å². The summed E-state index contributed by atoms with van der Waals surface area (Å²) < 4.78 is 6.07. The summed E-state index contributed by atoms with van der Waals surface area (Å²) in [5, 5.41) is 13.0. The minimum atomic E-state index is 0. The third kappa shape index (κ3) is 10.5. The molecule has 1 heterocycles. The molecule has 0 saturated heterocycles. The zero-order chi connectivity index (χ0) is 22.7. The van der Waals surface area contributed by atoms with Crippen LogP contribution in [0.1, 0.15) is 53.1 Å². The molecule has 1 radical (unpaired) electrons. The van der Waals surface area contributed by atoms with E-state index in [9.17, 15) is 0 Å². The Morgan fingerprint density at radius 1 is 1.16 bits per heavy atom. The quantitative estimate of drug-likeness (QED) is 0.171. The maximum absolute atomic E-state index is 6.07. The van der Waals surface area contributed by atoms with Crippen molar-refractivity contribution in [1.82, 2.24) is 10.3 Å². The molecular formula is C20H31CuN7OS2. The van der Waals surface area contributed by atoms with Crippen LogP contribution < -0.4 is 5.43 Å². The molecule has 0 atom stereocenters. The molecule has 0 saturated carbocycles. The first-order chi connectivity index (χ1) is 14.2. The third-order valence-electron chi connectivity index (χ3n) is 4.05. The van der Waals surface area contributed by atoms with E-state index in [0.717, 1.165) is 5.76 Å². The molecule has 8 nitrogen and oxygen atoms in total. The van der Waals surface area contributed by atoms with Crippen LogP contribution in [-0.2, 0) is 48.9 Å². The topological polar surface area (TPSA) is 90.2 Å². The fraction of sp³-hybridized carbons (Fsp3) is 0.550. The Hall–Kier alpha value is -1.65. The van der Waals surface area contributed by atoms with Crippen LogP contribution in [0.3, 0.4) is 0 Å². The van der Waals surface area contributed by atoms with Crippen LogP contribution in [0.4, 0.5) is 0 Å². The van der Waals surface area contributed by atoms with Crippen LogP contribution in [0.25, 0.3) is 0 Å². The van der Waals surface area contributed by atoms with Gasteiger partial charge in [0.15, 0.2) is 5.76 Å². The smallest absolute Gasteiger partial charge is 0.757 e. The fourth-order valence-corrected chi connectivity index (χ4v) is 2.73. The Bertz CT molecular complexity index is 821. The number of furan rings is 1. The first-order valence-electron chi connectivity index (χ1n) is 9.81. The van der Waals surface area contributed by atoms with Gasteiger partial charge in [-0.2, -0.15) is 15.3 Å². The largest absolute Gasteiger partial charge is 2.00 e. The van der Waals surface area contributed by atoms with E-state index >= 15 is 0 Å². The van der Waals surface area contributed by atoms with E-state index in [1.807, 2.05) is 19.1 Å². The summed E-state index contributed by atoms with van der Waals surface area (Å²) in [7, 11) is 1.59. The van der Waals surface area contributed by atoms with E-state index in [0.29, 0.717) is 42.4 Å². The molecular weight excluding hydrogens is 482 g/mol. The number of nitrogens with zero attached hydrogens (tertiary/aromatic N) is 6. The second-order valence-electron chi connectivity index (χ2n) is 6.98. The molecule has 0 spiro atoms. The number of hydrogen-bond donors (Lipinski definition) is 1. The summed E-state index contributed by atoms with van der Waals surface area (Å²) in [5.41, 5.74) is 3.70. The van der Waals surface area contributed by atoms with Gasteiger partial charge in [-0.25, -0.2) is 0 Å². The van der Waals surface area contributed by atoms with Crippen LogP contribution in [0.2, 0.25) is 0 Å². The number of amidine groups is 1. The minimum absolute atomic E-state index is 0. The molecule has 0 unspecified atom stereocenters. The van der Waals surface area contributed by atoms with Gasteiger partial charge in [-0.05, 0) is 63.9 Å². The number of hydrogen-bond acceptors (Lipinski definition) is 9. The number of aliphatic imine (C=N–C) groups is 2. The van der Waals surface area contributed by atoms with Crippen molar-refractivity contribution >= 4 is 53.1 Å². The van der Waals surface area contributed by atoms with Gasteiger partial charge in [0, 0.05) is 31.9 Å². The van der Waals surface area contributed by atoms with Crippen molar-refractivity contribution in [3.05, 3.63) is 23.7 Å². The summed E-state index contributed by atoms with van der Waals surface area (Å²) in [6.07, 6.45) is 1.50. The van der Waals surface area contributed by atoms with Gasteiger partial charge in [0.2, 0.25) is 0 Å². The van der Waals surface area contributed by atoms with E-state index < -0.39 is 0 Å². The van der Waals surface area contributed by atoms with Gasteiger partial charge < -0.3 is 29.7 Å². The maximum atomic E-state index is 6.07. The second kappa shape index (κ2) is 15.2. The molecule has 1 rings (SSSR count). The Morgan fingerprint density at radius 3 is 2.35 bits per heavy atom. The standard InChI is InChI=1S/C20H33N7OS2.Cu/c1-8-22-11-18(29)24-23-15(6)19(25-26-20(30)21-7)17-10-9-16(28-17)12-27(13(2)3)14(4)5;/h9-11,13-14H,8,12H2,1-7H3,(H,24,29)(H2,21,26,30);/q;+2/p-2/b22-11?,23-15+,25-19-;. The molecule has 0 bridgehead atoms. The summed E-state index contributed by atoms with van der Waals surface area (Å²) in [5.74, 6) is 1.38. The first kappa shape index (κ1) is 29.3. The van der Waals surface area contributed by atoms with Gasteiger partial charge in [0.25, 0.3) is 0 Å². The van der Waals surface area contributed by atoms with E-state index in [-0.39, 0.29) is 27.3 Å². The van der Waals surface area contributed by atoms with E-state index in [2.05, 4.69) is 63.3 Å². The summed E-state index contributed by atoms with van der Waals surface area (Å²) >= 11 is 10.2. The minimum Gasteiger partial charge on any atom is -0.757 e. The molecule has 0 amide bonds. The zero-order valence-corrected chi connectivity index (χ0v) is 21.6. The van der Waals surface area contributed by atoms with Crippen LogP contribution in [0, 0.1) is 0 Å². The number of nitrogens with one attached hydrogen (secondary N) is 1. The van der Waals surface area contributed by atoms with Gasteiger partial charge in [-0.3, -0.25) is 20.3 Å². The summed E-state index contributed by atoms with van der Waals surface area (Å²) in [4.78, 5) is 10.3. The van der Waals surface area contributed by atoms with Crippen molar-refractivity contribution in [1.29, 1.82) is 0 Å². The van der Waals surface area contributed by atoms with Crippen LogP contribution in [0.5, 0.6) is 0 Å². The zero-order valence-electron chi connectivity index (χ0n) is 19.0. The van der Waals surface area contributed by atoms with Gasteiger partial charge in [0.05, 0.1) is 12.3 Å². The molecule has 1 aromatic rings. The Kier molecular flexibility index (Phi) is 14.4. The second-order valence-corrected chi connectivity index (χ2v) is 7.78. The summed E-state index contributed by atoms with van der Waals surface area (Å²) in [6.45, 7) is 13.7. The van der Waals surface area contributed by atoms with Crippen molar-refractivity contribution in [2.24, 2.45) is 25.3 Å². The van der Waals surface area contributed by atoms with Gasteiger partial charge in [-0.15, -0.1) is 0 Å². The molecule has 31 heavy (non-hydrogen) atoms. The molecule has 1 aromatic heterocycles. The summed E-state index contributed by atoms with van der Waals surface area (Å²) in [6, 6.07) is 4.58. The van der Waals surface area contributed by atoms with Crippen molar-refractivity contribution in [2.45, 2.75) is 60.2 Å². The first-order valence-corrected chi connectivity index (χ1v) is 10.6. The predicted molar refractivity (Wildman–Crippen MR) is 132 cm³/mol. The normalized spacial score (nSPS) is 14.1. The molecule has 0 aromatic carbocycles. The molecule has 175 valence electrons. The molecule has 11 heteroatoms. The van der Waals surface area contributed by atoms with Crippen LogP contribution in [0.15, 0.2) is 41.8 Å². The third-order valence-corrected chi connectivity index (χ3v) is 4.51. The Balaban J connectivity index is 0.00000900. The molecule has 0 aliphatic carbocycles. The average molecular weight is 513 g/mol. The van der Waals surface area contributed by atoms with Gasteiger partial charge >= 0.3 is 17.1 Å². The number of hydrazone groups is 1. The van der Waals surface area contributed by atoms with Crippen molar-refractivity contribution < 1.29 is 21.5 Å². The molecule has 1 N–H and O–H groups in total. The van der Waals surface area contributed by atoms with Crippen molar-refractivity contribution in [3.8, 4) is 0 Å². The monoisotopic (exact) mass is 512 g/mol. The van der Waals surface area contributed by atoms with E-state index in [4.69, 9.17) is 29.7 Å². The fourth-order valence-electron chi connectivity index (χ4n) is 2.57. The van der Waals surface area contributed by atoms with Crippen molar-refractivity contribution in [3.63, 3.8) is 0 Å². The number of rotatable bonds is 10. The van der Waals surface area contributed by atoms with Gasteiger partial charge in [-0.1, -0.05) is 0 Å². The maximum Gasteiger partial charge on any atom is 2.00 e. The molecule has 0 aliphatic heterocycles. The average Bonchev–Trinajstić information content (AvgIpc) is 3.16. The van der Waals surface area contributed by atoms with E-state index in [1.54, 1.807) is 14.0 Å². The van der Waals surface area contributed by atoms with Gasteiger partial charge in [0.1, 0.15) is 11.5 Å². The molecule has 0 fully saturated rings. The Morgan fingerprint density at radius 2 is 1.81 bits per heavy atom.